The lowest BCUT2D eigenvalue weighted by Gasteiger charge is -2.11. The highest BCUT2D eigenvalue weighted by Gasteiger charge is 2.10. The molecule has 2 aromatic rings. The normalized spacial score (nSPS) is 10.6. The molecule has 1 heterocycles. The summed E-state index contributed by atoms with van der Waals surface area (Å²) in [5, 5.41) is 13.6. The fraction of sp³-hybridized carbons (Fsp3) is 0.278. The molecule has 6 heteroatoms. The van der Waals surface area contributed by atoms with Gasteiger partial charge in [0.25, 0.3) is 0 Å². The molecule has 0 amide bonds. The van der Waals surface area contributed by atoms with E-state index in [2.05, 4.69) is 21.6 Å². The lowest BCUT2D eigenvalue weighted by Crippen LogP contribution is -2.08. The summed E-state index contributed by atoms with van der Waals surface area (Å²) in [7, 11) is 5.59. The number of ether oxygens (including phenoxy) is 1. The Balaban J connectivity index is 2.17. The lowest BCUT2D eigenvalue weighted by atomic mass is 10.1. The largest absolute Gasteiger partial charge is 0.380 e. The van der Waals surface area contributed by atoms with Gasteiger partial charge >= 0.3 is 0 Å². The molecule has 1 N–H and O–H groups in total. The van der Waals surface area contributed by atoms with Crippen LogP contribution in [0.25, 0.3) is 0 Å². The van der Waals surface area contributed by atoms with Gasteiger partial charge in [0.15, 0.2) is 5.82 Å². The number of benzene rings is 1. The molecule has 0 saturated carbocycles. The van der Waals surface area contributed by atoms with E-state index in [0.29, 0.717) is 18.0 Å². The molecule has 1 aromatic carbocycles. The number of nitrogens with one attached hydrogen (secondary N) is 1. The first-order chi connectivity index (χ1) is 11.5. The number of rotatable bonds is 6. The summed E-state index contributed by atoms with van der Waals surface area (Å²) in [6, 6.07) is 12.0. The van der Waals surface area contributed by atoms with Crippen molar-refractivity contribution in [1.29, 1.82) is 5.26 Å². The van der Waals surface area contributed by atoms with Crippen molar-refractivity contribution in [3.63, 3.8) is 0 Å². The highest BCUT2D eigenvalue weighted by Crippen LogP contribution is 2.19. The minimum Gasteiger partial charge on any atom is -0.380 e. The van der Waals surface area contributed by atoms with Crippen LogP contribution in [0.4, 0.5) is 11.5 Å². The maximum atomic E-state index is 9.37. The lowest BCUT2D eigenvalue weighted by molar-refractivity contribution is 0.184. The quantitative estimate of drug-likeness (QED) is 0.653. The van der Waals surface area contributed by atoms with E-state index in [-0.39, 0.29) is 0 Å². The Morgan fingerprint density at radius 2 is 2.04 bits per heavy atom. The molecule has 1 aromatic heterocycles. The molecule has 0 fully saturated rings. The second-order valence-corrected chi connectivity index (χ2v) is 5.55. The zero-order chi connectivity index (χ0) is 17.5. The van der Waals surface area contributed by atoms with Crippen LogP contribution in [0.5, 0.6) is 0 Å². The Morgan fingerprint density at radius 1 is 1.33 bits per heavy atom. The summed E-state index contributed by atoms with van der Waals surface area (Å²) < 4.78 is 5.14. The first-order valence-corrected chi connectivity index (χ1v) is 7.51. The molecule has 0 bridgehead atoms. The zero-order valence-corrected chi connectivity index (χ0v) is 14.4. The molecule has 24 heavy (non-hydrogen) atoms. The van der Waals surface area contributed by atoms with Crippen LogP contribution in [0.2, 0.25) is 0 Å². The zero-order valence-electron chi connectivity index (χ0n) is 14.4. The third-order valence-electron chi connectivity index (χ3n) is 3.43. The minimum atomic E-state index is 0.358. The van der Waals surface area contributed by atoms with Gasteiger partial charge in [-0.1, -0.05) is 12.1 Å². The topological polar surface area (TPSA) is 73.5 Å². The molecular formula is C18H21N5O. The van der Waals surface area contributed by atoms with E-state index in [1.807, 2.05) is 56.3 Å². The molecule has 0 saturated heterocycles. The van der Waals surface area contributed by atoms with Gasteiger partial charge in [-0.25, -0.2) is 4.98 Å². The van der Waals surface area contributed by atoms with Crippen LogP contribution in [0.15, 0.2) is 35.4 Å². The molecular weight excluding hydrogens is 302 g/mol. The molecule has 2 rings (SSSR count). The van der Waals surface area contributed by atoms with Crippen LogP contribution in [0, 0.1) is 18.3 Å². The van der Waals surface area contributed by atoms with E-state index in [9.17, 15) is 5.26 Å². The second-order valence-electron chi connectivity index (χ2n) is 5.55. The summed E-state index contributed by atoms with van der Waals surface area (Å²) in [6.45, 7) is 2.23. The first kappa shape index (κ1) is 17.4. The number of hydrogen-bond acceptors (Lipinski definition) is 6. The summed E-state index contributed by atoms with van der Waals surface area (Å²) >= 11 is 0. The second kappa shape index (κ2) is 8.09. The number of hydrazone groups is 1. The summed E-state index contributed by atoms with van der Waals surface area (Å²) in [5.41, 5.74) is 6.98. The molecule has 0 radical (unpaired) electrons. The third-order valence-corrected chi connectivity index (χ3v) is 3.43. The van der Waals surface area contributed by atoms with Gasteiger partial charge in [0.2, 0.25) is 0 Å². The number of pyridine rings is 1. The monoisotopic (exact) mass is 323 g/mol. The Labute approximate surface area is 142 Å². The van der Waals surface area contributed by atoms with Crippen molar-refractivity contribution < 1.29 is 4.74 Å². The van der Waals surface area contributed by atoms with E-state index in [1.54, 1.807) is 13.3 Å². The van der Waals surface area contributed by atoms with E-state index < -0.39 is 0 Å². The summed E-state index contributed by atoms with van der Waals surface area (Å²) in [4.78, 5) is 6.38. The Morgan fingerprint density at radius 3 is 2.62 bits per heavy atom. The smallest absolute Gasteiger partial charge is 0.164 e. The van der Waals surface area contributed by atoms with E-state index in [0.717, 1.165) is 22.5 Å². The average molecular weight is 323 g/mol. The van der Waals surface area contributed by atoms with Crippen LogP contribution in [-0.2, 0) is 11.3 Å². The van der Waals surface area contributed by atoms with Gasteiger partial charge in [-0.05, 0) is 30.7 Å². The molecule has 0 unspecified atom stereocenters. The Hall–Kier alpha value is -2.91. The maximum absolute atomic E-state index is 9.37. The number of aromatic nitrogens is 1. The van der Waals surface area contributed by atoms with E-state index in [1.165, 1.54) is 0 Å². The molecule has 0 atom stereocenters. The molecule has 0 spiro atoms. The van der Waals surface area contributed by atoms with Gasteiger partial charge in [-0.15, -0.1) is 0 Å². The minimum absolute atomic E-state index is 0.358. The van der Waals surface area contributed by atoms with Gasteiger partial charge in [0.05, 0.1) is 12.8 Å². The van der Waals surface area contributed by atoms with E-state index >= 15 is 0 Å². The highest BCUT2D eigenvalue weighted by atomic mass is 16.5. The third kappa shape index (κ3) is 4.31. The highest BCUT2D eigenvalue weighted by molar-refractivity contribution is 5.81. The van der Waals surface area contributed by atoms with Gasteiger partial charge in [0.1, 0.15) is 11.6 Å². The van der Waals surface area contributed by atoms with Crippen molar-refractivity contribution in [2.45, 2.75) is 13.5 Å². The van der Waals surface area contributed by atoms with Crippen molar-refractivity contribution >= 4 is 17.7 Å². The molecule has 0 aliphatic heterocycles. The van der Waals surface area contributed by atoms with Crippen molar-refractivity contribution in [3.05, 3.63) is 52.7 Å². The molecule has 0 aliphatic rings. The molecule has 0 aliphatic carbocycles. The van der Waals surface area contributed by atoms with Crippen LogP contribution in [-0.4, -0.2) is 32.4 Å². The summed E-state index contributed by atoms with van der Waals surface area (Å²) in [6.07, 6.45) is 1.70. The van der Waals surface area contributed by atoms with Crippen molar-refractivity contribution in [3.8, 4) is 6.07 Å². The van der Waals surface area contributed by atoms with Crippen molar-refractivity contribution in [1.82, 2.24) is 4.98 Å². The fourth-order valence-corrected chi connectivity index (χ4v) is 2.24. The van der Waals surface area contributed by atoms with Crippen LogP contribution in [0.1, 0.15) is 22.4 Å². The number of hydrogen-bond donors (Lipinski definition) is 1. The van der Waals surface area contributed by atoms with Gasteiger partial charge in [-0.2, -0.15) is 10.4 Å². The van der Waals surface area contributed by atoms with Crippen LogP contribution < -0.4 is 10.3 Å². The maximum Gasteiger partial charge on any atom is 0.164 e. The van der Waals surface area contributed by atoms with Gasteiger partial charge < -0.3 is 9.64 Å². The number of methoxy groups -OCH3 is 1. The van der Waals surface area contributed by atoms with Crippen molar-refractivity contribution in [2.24, 2.45) is 5.10 Å². The fourth-order valence-electron chi connectivity index (χ4n) is 2.24. The Bertz CT molecular complexity index is 760. The summed E-state index contributed by atoms with van der Waals surface area (Å²) in [5.74, 6) is 0.436. The number of anilines is 2. The van der Waals surface area contributed by atoms with Crippen molar-refractivity contribution in [2.75, 3.05) is 31.5 Å². The van der Waals surface area contributed by atoms with Crippen LogP contribution in [0.3, 0.4) is 0 Å². The van der Waals surface area contributed by atoms with Gasteiger partial charge in [0, 0.05) is 38.1 Å². The van der Waals surface area contributed by atoms with E-state index in [4.69, 9.17) is 4.74 Å². The predicted molar refractivity (Wildman–Crippen MR) is 96.4 cm³/mol. The standard InChI is InChI=1S/C18H21N5O/c1-13-9-15(12-24-4)17(10-19)18(21-13)22-20-11-14-5-7-16(8-6-14)23(2)3/h5-9,11H,12H2,1-4H3,(H,21,22)/b20-11+. The number of aryl methyl sites for hydroxylation is 1. The predicted octanol–water partition coefficient (Wildman–Crippen LogP) is 2.92. The van der Waals surface area contributed by atoms with Gasteiger partial charge in [-0.3, -0.25) is 5.43 Å². The van der Waals surface area contributed by atoms with Crippen LogP contribution >= 0.6 is 0 Å². The molecule has 124 valence electrons. The number of nitrogens with zero attached hydrogens (tertiary/aromatic N) is 4. The first-order valence-electron chi connectivity index (χ1n) is 7.51. The SMILES string of the molecule is COCc1cc(C)nc(N/N=C/c2ccc(N(C)C)cc2)c1C#N. The Kier molecular flexibility index (Phi) is 5.88. The average Bonchev–Trinajstić information content (AvgIpc) is 2.55. The number of nitriles is 1. The molecule has 6 nitrogen and oxygen atoms in total.